The largest absolute Gasteiger partial charge is 0.507 e. The minimum Gasteiger partial charge on any atom is -0.507 e. The maximum Gasteiger partial charge on any atom is 0.283 e. The van der Waals surface area contributed by atoms with Gasteiger partial charge < -0.3 is 5.11 Å². The van der Waals surface area contributed by atoms with E-state index in [2.05, 4.69) is 5.10 Å². The van der Waals surface area contributed by atoms with E-state index in [0.29, 0.717) is 22.2 Å². The standard InChI is InChI=1S/C15H12N2O2/c1-10-12-8-5-9-13(18)14(12)15(19)17(16-10)11-6-3-2-4-7-11/h2-9,18H,1H3. The first-order valence-corrected chi connectivity index (χ1v) is 5.95. The zero-order valence-electron chi connectivity index (χ0n) is 10.4. The van der Waals surface area contributed by atoms with E-state index in [-0.39, 0.29) is 11.3 Å². The minimum absolute atomic E-state index is 0.0160. The molecule has 2 aromatic carbocycles. The molecule has 0 atom stereocenters. The molecule has 0 bridgehead atoms. The second-order valence-corrected chi connectivity index (χ2v) is 4.34. The molecule has 0 fully saturated rings. The molecular weight excluding hydrogens is 240 g/mol. The summed E-state index contributed by atoms with van der Waals surface area (Å²) in [5.74, 6) is -0.0160. The van der Waals surface area contributed by atoms with Crippen LogP contribution in [0, 0.1) is 6.92 Å². The molecule has 1 heterocycles. The lowest BCUT2D eigenvalue weighted by Gasteiger charge is -2.09. The van der Waals surface area contributed by atoms with Crippen LogP contribution < -0.4 is 5.56 Å². The number of aryl methyl sites for hydroxylation is 1. The van der Waals surface area contributed by atoms with E-state index in [0.717, 1.165) is 0 Å². The number of aromatic nitrogens is 2. The maximum atomic E-state index is 12.4. The Morgan fingerprint density at radius 1 is 1.05 bits per heavy atom. The van der Waals surface area contributed by atoms with Crippen LogP contribution in [0.25, 0.3) is 16.5 Å². The normalized spacial score (nSPS) is 10.8. The summed E-state index contributed by atoms with van der Waals surface area (Å²) in [5.41, 5.74) is 1.07. The van der Waals surface area contributed by atoms with Gasteiger partial charge in [0.15, 0.2) is 0 Å². The molecule has 94 valence electrons. The summed E-state index contributed by atoms with van der Waals surface area (Å²) in [6.45, 7) is 1.82. The number of benzene rings is 2. The van der Waals surface area contributed by atoms with Crippen molar-refractivity contribution in [1.29, 1.82) is 0 Å². The van der Waals surface area contributed by atoms with Gasteiger partial charge in [0.2, 0.25) is 0 Å². The number of hydrogen-bond donors (Lipinski definition) is 1. The Kier molecular flexibility index (Phi) is 2.56. The summed E-state index contributed by atoms with van der Waals surface area (Å²) in [4.78, 5) is 12.4. The summed E-state index contributed by atoms with van der Waals surface area (Å²) < 4.78 is 1.32. The Hall–Kier alpha value is -2.62. The first-order chi connectivity index (χ1) is 9.18. The molecule has 3 aromatic rings. The van der Waals surface area contributed by atoms with E-state index in [1.807, 2.05) is 25.1 Å². The number of phenols is 1. The summed E-state index contributed by atoms with van der Waals surface area (Å²) in [6.07, 6.45) is 0. The highest BCUT2D eigenvalue weighted by molar-refractivity contribution is 5.88. The number of aromatic hydroxyl groups is 1. The molecule has 1 aromatic heterocycles. The van der Waals surface area contributed by atoms with Crippen LogP contribution in [0.3, 0.4) is 0 Å². The number of fused-ring (bicyclic) bond motifs is 1. The van der Waals surface area contributed by atoms with Gasteiger partial charge >= 0.3 is 0 Å². The molecule has 0 aliphatic rings. The Labute approximate surface area is 109 Å². The third kappa shape index (κ3) is 1.78. The van der Waals surface area contributed by atoms with E-state index in [1.54, 1.807) is 24.3 Å². The van der Waals surface area contributed by atoms with Crippen LogP contribution in [0.2, 0.25) is 0 Å². The van der Waals surface area contributed by atoms with E-state index in [1.165, 1.54) is 10.7 Å². The number of nitrogens with zero attached hydrogens (tertiary/aromatic N) is 2. The second-order valence-electron chi connectivity index (χ2n) is 4.34. The van der Waals surface area contributed by atoms with E-state index in [9.17, 15) is 9.90 Å². The molecular formula is C15H12N2O2. The van der Waals surface area contributed by atoms with Crippen LogP contribution in [-0.2, 0) is 0 Å². The van der Waals surface area contributed by atoms with E-state index in [4.69, 9.17) is 0 Å². The molecule has 3 rings (SSSR count). The van der Waals surface area contributed by atoms with Crippen molar-refractivity contribution in [2.75, 3.05) is 0 Å². The van der Waals surface area contributed by atoms with Crippen LogP contribution >= 0.6 is 0 Å². The SMILES string of the molecule is Cc1nn(-c2ccccc2)c(=O)c2c(O)cccc12. The smallest absolute Gasteiger partial charge is 0.283 e. The predicted octanol–water partition coefficient (Wildman–Crippen LogP) is 2.40. The topological polar surface area (TPSA) is 55.1 Å². The number of hydrogen-bond acceptors (Lipinski definition) is 3. The molecule has 0 saturated heterocycles. The second kappa shape index (κ2) is 4.24. The number of phenolic OH excluding ortho intramolecular Hbond substituents is 1. The molecule has 0 amide bonds. The molecule has 0 saturated carbocycles. The van der Waals surface area contributed by atoms with Crippen LogP contribution in [-0.4, -0.2) is 14.9 Å². The molecule has 0 radical (unpaired) electrons. The number of para-hydroxylation sites is 1. The van der Waals surface area contributed by atoms with Gasteiger partial charge in [0.05, 0.1) is 16.8 Å². The fraction of sp³-hybridized carbons (Fsp3) is 0.0667. The lowest BCUT2D eigenvalue weighted by Crippen LogP contribution is -2.22. The van der Waals surface area contributed by atoms with Gasteiger partial charge in [0.25, 0.3) is 5.56 Å². The van der Waals surface area contributed by atoms with Gasteiger partial charge in [-0.2, -0.15) is 9.78 Å². The highest BCUT2D eigenvalue weighted by Gasteiger charge is 2.12. The maximum absolute atomic E-state index is 12.4. The summed E-state index contributed by atoms with van der Waals surface area (Å²) in [6, 6.07) is 14.2. The fourth-order valence-electron chi connectivity index (χ4n) is 2.17. The van der Waals surface area contributed by atoms with Crippen molar-refractivity contribution in [2.24, 2.45) is 0 Å². The highest BCUT2D eigenvalue weighted by atomic mass is 16.3. The zero-order valence-corrected chi connectivity index (χ0v) is 10.4. The van der Waals surface area contributed by atoms with Crippen LogP contribution in [0.15, 0.2) is 53.3 Å². The minimum atomic E-state index is -0.315. The van der Waals surface area contributed by atoms with Gasteiger partial charge in [-0.15, -0.1) is 0 Å². The van der Waals surface area contributed by atoms with E-state index >= 15 is 0 Å². The van der Waals surface area contributed by atoms with Crippen molar-refractivity contribution in [3.8, 4) is 11.4 Å². The zero-order chi connectivity index (χ0) is 13.4. The summed E-state index contributed by atoms with van der Waals surface area (Å²) >= 11 is 0. The average Bonchev–Trinajstić information content (AvgIpc) is 2.43. The highest BCUT2D eigenvalue weighted by Crippen LogP contribution is 2.22. The van der Waals surface area contributed by atoms with Gasteiger partial charge in [0, 0.05) is 5.39 Å². The van der Waals surface area contributed by atoms with Gasteiger partial charge in [0.1, 0.15) is 5.75 Å². The Morgan fingerprint density at radius 2 is 1.79 bits per heavy atom. The first kappa shape index (κ1) is 11.5. The fourth-order valence-corrected chi connectivity index (χ4v) is 2.17. The molecule has 1 N–H and O–H groups in total. The van der Waals surface area contributed by atoms with Crippen molar-refractivity contribution in [2.45, 2.75) is 6.92 Å². The first-order valence-electron chi connectivity index (χ1n) is 5.95. The number of rotatable bonds is 1. The van der Waals surface area contributed by atoms with Crippen molar-refractivity contribution < 1.29 is 5.11 Å². The summed E-state index contributed by atoms with van der Waals surface area (Å²) in [7, 11) is 0. The molecule has 0 unspecified atom stereocenters. The third-order valence-corrected chi connectivity index (χ3v) is 3.09. The molecule has 19 heavy (non-hydrogen) atoms. The van der Waals surface area contributed by atoms with Gasteiger partial charge in [-0.25, -0.2) is 0 Å². The Balaban J connectivity index is 2.44. The molecule has 4 nitrogen and oxygen atoms in total. The lowest BCUT2D eigenvalue weighted by atomic mass is 10.1. The van der Waals surface area contributed by atoms with Crippen molar-refractivity contribution in [3.63, 3.8) is 0 Å². The third-order valence-electron chi connectivity index (χ3n) is 3.09. The van der Waals surface area contributed by atoms with Crippen LogP contribution in [0.1, 0.15) is 5.69 Å². The van der Waals surface area contributed by atoms with Gasteiger partial charge in [-0.05, 0) is 25.1 Å². The Bertz CT molecular complexity index is 807. The molecule has 0 aliphatic carbocycles. The lowest BCUT2D eigenvalue weighted by molar-refractivity contribution is 0.480. The Morgan fingerprint density at radius 3 is 2.53 bits per heavy atom. The van der Waals surface area contributed by atoms with Gasteiger partial charge in [-0.1, -0.05) is 30.3 Å². The molecule has 0 spiro atoms. The van der Waals surface area contributed by atoms with Crippen LogP contribution in [0.5, 0.6) is 5.75 Å². The molecule has 0 aliphatic heterocycles. The quantitative estimate of drug-likeness (QED) is 0.723. The van der Waals surface area contributed by atoms with Gasteiger partial charge in [-0.3, -0.25) is 4.79 Å². The summed E-state index contributed by atoms with van der Waals surface area (Å²) in [5, 5.41) is 15.2. The van der Waals surface area contributed by atoms with Crippen molar-refractivity contribution in [1.82, 2.24) is 9.78 Å². The average molecular weight is 252 g/mol. The molecule has 4 heteroatoms. The van der Waals surface area contributed by atoms with E-state index < -0.39 is 0 Å². The van der Waals surface area contributed by atoms with Crippen molar-refractivity contribution in [3.05, 3.63) is 64.6 Å². The van der Waals surface area contributed by atoms with Crippen molar-refractivity contribution >= 4 is 10.8 Å². The predicted molar refractivity (Wildman–Crippen MR) is 73.7 cm³/mol. The monoisotopic (exact) mass is 252 g/mol. The van der Waals surface area contributed by atoms with Crippen LogP contribution in [0.4, 0.5) is 0 Å².